The summed E-state index contributed by atoms with van der Waals surface area (Å²) in [5.74, 6) is 0.995. The quantitative estimate of drug-likeness (QED) is 0.439. The second kappa shape index (κ2) is 9.65. The molecular formula is C29H33FN6O4. The first-order valence-electron chi connectivity index (χ1n) is 13.6. The summed E-state index contributed by atoms with van der Waals surface area (Å²) in [6.45, 7) is 8.04. The van der Waals surface area contributed by atoms with Gasteiger partial charge in [-0.3, -0.25) is 4.79 Å². The number of carbonyl (C=O) groups excluding carboxylic acids is 2. The molecule has 1 aliphatic carbocycles. The molecule has 5 heterocycles. The zero-order valence-electron chi connectivity index (χ0n) is 23.0. The van der Waals surface area contributed by atoms with Crippen molar-refractivity contribution in [2.75, 3.05) is 18.4 Å². The van der Waals surface area contributed by atoms with Crippen LogP contribution in [0.3, 0.4) is 0 Å². The average molecular weight is 549 g/mol. The molecule has 40 heavy (non-hydrogen) atoms. The molecule has 3 aromatic heterocycles. The lowest BCUT2D eigenvalue weighted by molar-refractivity contribution is -0.148. The number of ether oxygens (including phenoxy) is 2. The molecular weight excluding hydrogens is 515 g/mol. The molecule has 3 aromatic rings. The van der Waals surface area contributed by atoms with Gasteiger partial charge in [-0.15, -0.1) is 0 Å². The number of alkyl halides is 1. The third kappa shape index (κ3) is 4.72. The first kappa shape index (κ1) is 26.4. The fraction of sp³-hybridized carbons (Fsp3) is 0.483. The Morgan fingerprint density at radius 1 is 1.15 bits per heavy atom. The van der Waals surface area contributed by atoms with Crippen LogP contribution in [0.1, 0.15) is 68.1 Å². The molecule has 0 bridgehead atoms. The number of nitrogens with zero attached hydrogens (tertiary/aromatic N) is 4. The number of carbonyl (C=O) groups is 2. The second-order valence-corrected chi connectivity index (χ2v) is 11.7. The summed E-state index contributed by atoms with van der Waals surface area (Å²) in [5, 5.41) is 4.80. The number of esters is 1. The van der Waals surface area contributed by atoms with E-state index in [1.54, 1.807) is 29.4 Å². The summed E-state index contributed by atoms with van der Waals surface area (Å²) in [6.07, 6.45) is 3.23. The molecule has 1 saturated carbocycles. The highest BCUT2D eigenvalue weighted by atomic mass is 19.1. The zero-order valence-corrected chi connectivity index (χ0v) is 23.0. The van der Waals surface area contributed by atoms with Gasteiger partial charge in [0.25, 0.3) is 0 Å². The van der Waals surface area contributed by atoms with Crippen molar-refractivity contribution >= 4 is 34.3 Å². The minimum absolute atomic E-state index is 0.000657. The van der Waals surface area contributed by atoms with Crippen LogP contribution in [0, 0.1) is 5.92 Å². The van der Waals surface area contributed by atoms with Gasteiger partial charge in [-0.05, 0) is 62.8 Å². The largest absolute Gasteiger partial charge is 0.474 e. The first-order valence-corrected chi connectivity index (χ1v) is 13.6. The standard InChI is InChI=1S/C29H33FN6O4/c1-14-15(2)39-28(38)19-5-6-23(35-25(14)19)34-24-9-20-21(10-32-24)26(33-11-22(20)29(3,4)31)40-18-7-16(8-18)27(37)36-12-17(30)13-36/h5-6,9-11,14-18H,7-8,12-13,31H2,1-4H3,(H,32,34,35)/t14-,15-,16?,18?/m0/s1. The monoisotopic (exact) mass is 548 g/mol. The van der Waals surface area contributed by atoms with Crippen LogP contribution in [0.25, 0.3) is 10.8 Å². The number of nitrogens with two attached hydrogens (primary N) is 1. The van der Waals surface area contributed by atoms with E-state index in [-0.39, 0.29) is 49.0 Å². The Morgan fingerprint density at radius 3 is 2.60 bits per heavy atom. The molecule has 1 amide bonds. The van der Waals surface area contributed by atoms with Crippen LogP contribution in [0.15, 0.2) is 30.6 Å². The summed E-state index contributed by atoms with van der Waals surface area (Å²) in [5.41, 5.74) is 7.79. The van der Waals surface area contributed by atoms with Crippen LogP contribution < -0.4 is 15.8 Å². The van der Waals surface area contributed by atoms with Gasteiger partial charge in [0.05, 0.1) is 29.7 Å². The summed E-state index contributed by atoms with van der Waals surface area (Å²) in [6, 6.07) is 5.33. The van der Waals surface area contributed by atoms with E-state index in [0.717, 1.165) is 10.9 Å². The zero-order chi connectivity index (χ0) is 28.3. The van der Waals surface area contributed by atoms with Crippen LogP contribution in [-0.4, -0.2) is 63.2 Å². The van der Waals surface area contributed by atoms with Gasteiger partial charge in [0, 0.05) is 29.8 Å². The number of rotatable bonds is 6. The maximum Gasteiger partial charge on any atom is 0.340 e. The highest BCUT2D eigenvalue weighted by Gasteiger charge is 2.42. The Balaban J connectivity index is 1.24. The number of hydrogen-bond donors (Lipinski definition) is 2. The van der Waals surface area contributed by atoms with E-state index < -0.39 is 11.7 Å². The third-order valence-corrected chi connectivity index (χ3v) is 8.13. The Kier molecular flexibility index (Phi) is 6.36. The van der Waals surface area contributed by atoms with Gasteiger partial charge in [-0.2, -0.15) is 0 Å². The number of nitrogens with one attached hydrogen (secondary N) is 1. The lowest BCUT2D eigenvalue weighted by atomic mass is 9.80. The van der Waals surface area contributed by atoms with Crippen molar-refractivity contribution in [1.82, 2.24) is 19.9 Å². The Morgan fingerprint density at radius 2 is 1.90 bits per heavy atom. The second-order valence-electron chi connectivity index (χ2n) is 11.7. The topological polar surface area (TPSA) is 133 Å². The molecule has 11 heteroatoms. The van der Waals surface area contributed by atoms with Gasteiger partial charge in [-0.1, -0.05) is 6.92 Å². The maximum atomic E-state index is 13.1. The smallest absolute Gasteiger partial charge is 0.340 e. The fourth-order valence-corrected chi connectivity index (χ4v) is 5.42. The molecule has 0 radical (unpaired) electrons. The molecule has 0 aromatic carbocycles. The van der Waals surface area contributed by atoms with E-state index >= 15 is 0 Å². The predicted molar refractivity (Wildman–Crippen MR) is 146 cm³/mol. The van der Waals surface area contributed by atoms with E-state index in [1.807, 2.05) is 33.8 Å². The summed E-state index contributed by atoms with van der Waals surface area (Å²) < 4.78 is 24.7. The lowest BCUT2D eigenvalue weighted by Crippen LogP contribution is -2.56. The Hall–Kier alpha value is -3.86. The van der Waals surface area contributed by atoms with Gasteiger partial charge in [0.15, 0.2) is 0 Å². The van der Waals surface area contributed by atoms with Crippen molar-refractivity contribution in [3.63, 3.8) is 0 Å². The van der Waals surface area contributed by atoms with Crippen LogP contribution in [0.4, 0.5) is 16.0 Å². The third-order valence-electron chi connectivity index (χ3n) is 8.13. The van der Waals surface area contributed by atoms with Crippen LogP contribution in [0.5, 0.6) is 5.88 Å². The van der Waals surface area contributed by atoms with E-state index in [4.69, 9.17) is 20.2 Å². The van der Waals surface area contributed by atoms with Crippen molar-refractivity contribution in [3.05, 3.63) is 47.4 Å². The maximum absolute atomic E-state index is 13.1. The van der Waals surface area contributed by atoms with Crippen LogP contribution >= 0.6 is 0 Å². The van der Waals surface area contributed by atoms with Gasteiger partial charge in [-0.25, -0.2) is 24.1 Å². The molecule has 2 atom stereocenters. The van der Waals surface area contributed by atoms with Gasteiger partial charge < -0.3 is 25.4 Å². The molecule has 3 aliphatic rings. The summed E-state index contributed by atoms with van der Waals surface area (Å²) >= 11 is 0. The molecule has 0 spiro atoms. The molecule has 1 saturated heterocycles. The average Bonchev–Trinajstić information content (AvgIpc) is 2.86. The minimum atomic E-state index is -0.905. The molecule has 210 valence electrons. The normalized spacial score (nSPS) is 24.6. The van der Waals surface area contributed by atoms with Crippen molar-refractivity contribution in [3.8, 4) is 5.88 Å². The number of fused-ring (bicyclic) bond motifs is 2. The Bertz CT molecular complexity index is 1500. The molecule has 0 unspecified atom stereocenters. The van der Waals surface area contributed by atoms with Gasteiger partial charge in [0.2, 0.25) is 11.8 Å². The summed E-state index contributed by atoms with van der Waals surface area (Å²) in [7, 11) is 0. The number of aromatic nitrogens is 3. The fourth-order valence-electron chi connectivity index (χ4n) is 5.42. The highest BCUT2D eigenvalue weighted by molar-refractivity contribution is 5.93. The van der Waals surface area contributed by atoms with Crippen molar-refractivity contribution in [2.45, 2.75) is 70.4 Å². The number of hydrogen-bond acceptors (Lipinski definition) is 9. The van der Waals surface area contributed by atoms with Gasteiger partial charge in [0.1, 0.15) is 30.0 Å². The van der Waals surface area contributed by atoms with Crippen molar-refractivity contribution in [2.24, 2.45) is 11.7 Å². The molecule has 3 N–H and O–H groups in total. The van der Waals surface area contributed by atoms with Crippen LogP contribution in [0.2, 0.25) is 0 Å². The van der Waals surface area contributed by atoms with Crippen LogP contribution in [-0.2, 0) is 15.1 Å². The van der Waals surface area contributed by atoms with Crippen molar-refractivity contribution < 1.29 is 23.5 Å². The summed E-state index contributed by atoms with van der Waals surface area (Å²) in [4.78, 5) is 40.2. The number of cyclic esters (lactones) is 1. The molecule has 2 fully saturated rings. The lowest BCUT2D eigenvalue weighted by Gasteiger charge is -2.41. The first-order chi connectivity index (χ1) is 19.0. The number of pyridine rings is 3. The number of anilines is 2. The van der Waals surface area contributed by atoms with E-state index in [1.165, 1.54) is 0 Å². The number of likely N-dealkylation sites (tertiary alicyclic amines) is 1. The van der Waals surface area contributed by atoms with E-state index in [9.17, 15) is 14.0 Å². The van der Waals surface area contributed by atoms with Crippen molar-refractivity contribution in [1.29, 1.82) is 0 Å². The highest BCUT2D eigenvalue weighted by Crippen LogP contribution is 2.38. The molecule has 10 nitrogen and oxygen atoms in total. The number of halogens is 1. The number of amides is 1. The predicted octanol–water partition coefficient (Wildman–Crippen LogP) is 3.96. The molecule has 6 rings (SSSR count). The minimum Gasteiger partial charge on any atom is -0.474 e. The molecule has 2 aliphatic heterocycles. The van der Waals surface area contributed by atoms with Gasteiger partial charge >= 0.3 is 5.97 Å². The van der Waals surface area contributed by atoms with E-state index in [2.05, 4.69) is 15.3 Å². The Labute approximate surface area is 231 Å². The SMILES string of the molecule is C[C@@H]1OC(=O)c2ccc(Nc3cc4c(C(C)(C)N)cnc(OC5CC(C(=O)N6CC(F)C6)C5)c4cn3)nc2[C@H]1C. The van der Waals surface area contributed by atoms with E-state index in [0.29, 0.717) is 47.0 Å².